The number of alkyl carbamates (subject to hydrolysis) is 1. The maximum atomic E-state index is 13.9. The molecule has 0 radical (unpaired) electrons. The molecule has 0 saturated heterocycles. The largest absolute Gasteiger partial charge is 0.444 e. The van der Waals surface area contributed by atoms with Gasteiger partial charge < -0.3 is 20.7 Å². The highest BCUT2D eigenvalue weighted by Gasteiger charge is 2.37. The predicted molar refractivity (Wildman–Crippen MR) is 189 cm³/mol. The van der Waals surface area contributed by atoms with Crippen molar-refractivity contribution in [2.24, 2.45) is 16.7 Å². The maximum absolute atomic E-state index is 13.9. The average Bonchev–Trinajstić information content (AvgIpc) is 3.73. The Labute approximate surface area is 292 Å². The summed E-state index contributed by atoms with van der Waals surface area (Å²) >= 11 is 0. The fraction of sp³-hybridized carbons (Fsp3) is 0.462. The molecular formula is C39H48F3N5O3. The van der Waals surface area contributed by atoms with E-state index in [1.54, 1.807) is 51.1 Å². The monoisotopic (exact) mass is 691 g/mol. The lowest BCUT2D eigenvalue weighted by atomic mass is 9.64. The molecule has 0 spiro atoms. The van der Waals surface area contributed by atoms with Crippen molar-refractivity contribution in [3.8, 4) is 5.69 Å². The van der Waals surface area contributed by atoms with Crippen LogP contribution in [0.3, 0.4) is 0 Å². The van der Waals surface area contributed by atoms with Gasteiger partial charge in [-0.1, -0.05) is 70.2 Å². The summed E-state index contributed by atoms with van der Waals surface area (Å²) < 4.78 is 47.9. The molecule has 2 aromatic carbocycles. The van der Waals surface area contributed by atoms with Crippen LogP contribution >= 0.6 is 0 Å². The molecule has 0 bridgehead atoms. The summed E-state index contributed by atoms with van der Waals surface area (Å²) in [4.78, 5) is 25.9. The Morgan fingerprint density at radius 1 is 1.02 bits per heavy atom. The number of halogens is 3. The highest BCUT2D eigenvalue weighted by molar-refractivity contribution is 6.03. The van der Waals surface area contributed by atoms with Gasteiger partial charge in [-0.3, -0.25) is 4.79 Å². The quantitative estimate of drug-likeness (QED) is 0.197. The number of nitrogens with one attached hydrogen (secondary N) is 3. The molecule has 1 heterocycles. The lowest BCUT2D eigenvalue weighted by molar-refractivity contribution is -0.141. The Balaban J connectivity index is 1.39. The van der Waals surface area contributed by atoms with Gasteiger partial charge in [0.15, 0.2) is 5.69 Å². The number of allylic oxidation sites excluding steroid dienone is 2. The van der Waals surface area contributed by atoms with Crippen molar-refractivity contribution >= 4 is 17.7 Å². The number of carbonyl (C=O) groups is 2. The Hall–Kier alpha value is -4.38. The molecule has 268 valence electrons. The van der Waals surface area contributed by atoms with E-state index < -0.39 is 29.5 Å². The van der Waals surface area contributed by atoms with Crippen molar-refractivity contribution in [3.63, 3.8) is 0 Å². The highest BCUT2D eigenvalue weighted by Crippen LogP contribution is 2.46. The number of ether oxygens (including phenoxy) is 1. The van der Waals surface area contributed by atoms with Crippen molar-refractivity contribution in [1.82, 2.24) is 20.4 Å². The van der Waals surface area contributed by atoms with Gasteiger partial charge in [0.2, 0.25) is 0 Å². The van der Waals surface area contributed by atoms with Crippen molar-refractivity contribution in [3.05, 3.63) is 101 Å². The van der Waals surface area contributed by atoms with E-state index in [-0.39, 0.29) is 34.8 Å². The zero-order valence-corrected chi connectivity index (χ0v) is 29.9. The van der Waals surface area contributed by atoms with Gasteiger partial charge in [0.05, 0.1) is 11.7 Å². The van der Waals surface area contributed by atoms with Crippen LogP contribution in [0.15, 0.2) is 78.4 Å². The van der Waals surface area contributed by atoms with Crippen LogP contribution in [0.25, 0.3) is 5.69 Å². The SMILES string of the molecule is CC(C)(C)OC(=O)NCc1cccc(-n2nc(C(F)(F)F)cc2C(=O)Nc2cccc(C(NCC3CC3)C3=CCC(C)(C(C)(C)C)C=C3)c2)c1. The van der Waals surface area contributed by atoms with Gasteiger partial charge >= 0.3 is 12.3 Å². The third kappa shape index (κ3) is 9.24. The summed E-state index contributed by atoms with van der Waals surface area (Å²) in [5.74, 6) is -0.106. The van der Waals surface area contributed by atoms with Crippen LogP contribution < -0.4 is 16.0 Å². The van der Waals surface area contributed by atoms with Crippen LogP contribution in [-0.4, -0.2) is 33.9 Å². The van der Waals surface area contributed by atoms with Crippen molar-refractivity contribution in [2.45, 2.75) is 92.1 Å². The number of carbonyl (C=O) groups excluding carboxylic acids is 2. The molecule has 8 nitrogen and oxygen atoms in total. The second-order valence-corrected chi connectivity index (χ2v) is 15.6. The summed E-state index contributed by atoms with van der Waals surface area (Å²) in [6, 6.07) is 14.5. The molecule has 11 heteroatoms. The molecular weight excluding hydrogens is 643 g/mol. The first-order valence-electron chi connectivity index (χ1n) is 17.1. The Bertz CT molecular complexity index is 1780. The van der Waals surface area contributed by atoms with E-state index in [1.165, 1.54) is 12.8 Å². The Morgan fingerprint density at radius 2 is 1.74 bits per heavy atom. The zero-order valence-electron chi connectivity index (χ0n) is 29.9. The lowest BCUT2D eigenvalue weighted by Gasteiger charge is -2.41. The molecule has 50 heavy (non-hydrogen) atoms. The van der Waals surface area contributed by atoms with Crippen LogP contribution in [0.4, 0.5) is 23.7 Å². The van der Waals surface area contributed by atoms with E-state index in [9.17, 15) is 22.8 Å². The summed E-state index contributed by atoms with van der Waals surface area (Å²) in [7, 11) is 0. The first-order chi connectivity index (χ1) is 23.3. The molecule has 1 saturated carbocycles. The third-order valence-electron chi connectivity index (χ3n) is 9.46. The van der Waals surface area contributed by atoms with E-state index in [4.69, 9.17) is 4.74 Å². The second-order valence-electron chi connectivity index (χ2n) is 15.6. The van der Waals surface area contributed by atoms with Crippen LogP contribution in [0.2, 0.25) is 0 Å². The molecule has 5 rings (SSSR count). The van der Waals surface area contributed by atoms with Gasteiger partial charge in [-0.05, 0) is 104 Å². The van der Waals surface area contributed by atoms with Crippen molar-refractivity contribution in [2.75, 3.05) is 11.9 Å². The molecule has 3 N–H and O–H groups in total. The number of benzene rings is 2. The minimum atomic E-state index is -4.78. The Morgan fingerprint density at radius 3 is 2.36 bits per heavy atom. The minimum Gasteiger partial charge on any atom is -0.444 e. The van der Waals surface area contributed by atoms with Crippen LogP contribution in [0.1, 0.15) is 101 Å². The summed E-state index contributed by atoms with van der Waals surface area (Å²) in [5, 5.41) is 12.9. The fourth-order valence-electron chi connectivity index (χ4n) is 5.71. The standard InChI is InChI=1S/C39H48F3N5O3/c1-36(2,3)38(7)18-16-27(17-19-38)33(43-23-25-14-15-25)28-11-9-12-29(21-28)45-34(48)31-22-32(39(40,41)42)46-47(31)30-13-8-10-26(20-30)24-44-35(49)50-37(4,5)6/h8-13,16-18,20-22,25,33,43H,14-15,19,23-24H2,1-7H3,(H,44,49)(H,45,48). The topological polar surface area (TPSA) is 97.3 Å². The molecule has 1 fully saturated rings. The lowest BCUT2D eigenvalue weighted by Crippen LogP contribution is -2.33. The number of nitrogens with zero attached hydrogens (tertiary/aromatic N) is 2. The van der Waals surface area contributed by atoms with Gasteiger partial charge in [0.25, 0.3) is 5.91 Å². The van der Waals surface area contributed by atoms with Crippen molar-refractivity contribution in [1.29, 1.82) is 0 Å². The molecule has 1 aromatic heterocycles. The molecule has 3 aromatic rings. The molecule has 2 unspecified atom stereocenters. The normalized spacial score (nSPS) is 18.7. The van der Waals surface area contributed by atoms with Gasteiger partial charge in [0.1, 0.15) is 11.3 Å². The fourth-order valence-corrected chi connectivity index (χ4v) is 5.71. The summed E-state index contributed by atoms with van der Waals surface area (Å²) in [6.45, 7) is 15.2. The van der Waals surface area contributed by atoms with E-state index in [1.807, 2.05) is 18.2 Å². The van der Waals surface area contributed by atoms with Crippen LogP contribution in [-0.2, 0) is 17.5 Å². The van der Waals surface area contributed by atoms with E-state index in [0.717, 1.165) is 34.9 Å². The molecule has 2 aliphatic rings. The van der Waals surface area contributed by atoms with Gasteiger partial charge in [-0.25, -0.2) is 9.48 Å². The highest BCUT2D eigenvalue weighted by atomic mass is 19.4. The predicted octanol–water partition coefficient (Wildman–Crippen LogP) is 9.15. The minimum absolute atomic E-state index is 0.0136. The zero-order chi connectivity index (χ0) is 36.5. The first-order valence-corrected chi connectivity index (χ1v) is 17.1. The Kier molecular flexibility index (Phi) is 10.4. The van der Waals surface area contributed by atoms with Gasteiger partial charge in [0, 0.05) is 18.3 Å². The molecule has 2 aliphatic carbocycles. The van der Waals surface area contributed by atoms with Crippen molar-refractivity contribution < 1.29 is 27.5 Å². The molecule has 2 amide bonds. The van der Waals surface area contributed by atoms with Crippen LogP contribution in [0.5, 0.6) is 0 Å². The third-order valence-corrected chi connectivity index (χ3v) is 9.46. The summed E-state index contributed by atoms with van der Waals surface area (Å²) in [5.41, 5.74) is 1.26. The number of hydrogen-bond acceptors (Lipinski definition) is 5. The van der Waals surface area contributed by atoms with E-state index in [2.05, 4.69) is 67.0 Å². The second kappa shape index (κ2) is 14.1. The number of aromatic nitrogens is 2. The summed E-state index contributed by atoms with van der Waals surface area (Å²) in [6.07, 6.45) is 4.65. The smallest absolute Gasteiger partial charge is 0.435 e. The maximum Gasteiger partial charge on any atom is 0.435 e. The average molecular weight is 692 g/mol. The van der Waals surface area contributed by atoms with E-state index >= 15 is 0 Å². The van der Waals surface area contributed by atoms with E-state index in [0.29, 0.717) is 17.2 Å². The molecule has 0 aliphatic heterocycles. The van der Waals surface area contributed by atoms with Crippen LogP contribution in [0, 0.1) is 16.7 Å². The number of alkyl halides is 3. The number of anilines is 1. The van der Waals surface area contributed by atoms with Gasteiger partial charge in [-0.2, -0.15) is 18.3 Å². The van der Waals surface area contributed by atoms with Gasteiger partial charge in [-0.15, -0.1) is 0 Å². The number of hydrogen-bond donors (Lipinski definition) is 3. The molecule has 2 atom stereocenters. The first kappa shape index (κ1) is 36.9. The number of amides is 2. The number of rotatable bonds is 10.